The number of carbonyl (C=O) groups is 2. The van der Waals surface area contributed by atoms with E-state index < -0.39 is 24.2 Å². The standard InChI is InChI=1S/C42H57N5O6/c1-24-33-20-30(42(33,3)4)21-35(24)45-41(51)38-37(25(2)49)36(23-48)53-47(38)22-27-12-10-13-32(39(27)52-7)28-17-29(19-31(18-28)46(5)6)40(50)44-16-15-26-11-8-9-14-34(26)43/h8-14,17-19,24-25,30,33,35-38,48-49H,15-16,20-23,43H2,1-7H3,(H,44,50)(H,45,51)/t24-,25-,30-,33-,35-,36-,37+,38-/m0/s1. The maximum Gasteiger partial charge on any atom is 0.251 e. The molecule has 53 heavy (non-hydrogen) atoms. The number of aliphatic hydroxyl groups excluding tert-OH is 2. The molecule has 4 fully saturated rings. The molecule has 2 bridgehead atoms. The number of amides is 2. The van der Waals surface area contributed by atoms with Crippen LogP contribution in [-0.2, 0) is 22.6 Å². The Labute approximate surface area is 313 Å². The van der Waals surface area contributed by atoms with Gasteiger partial charge in [0.25, 0.3) is 5.91 Å². The van der Waals surface area contributed by atoms with E-state index in [0.29, 0.717) is 47.7 Å². The van der Waals surface area contributed by atoms with E-state index in [1.807, 2.05) is 79.7 Å². The first-order chi connectivity index (χ1) is 25.2. The third kappa shape index (κ3) is 7.62. The molecule has 3 aliphatic carbocycles. The molecule has 0 aromatic heterocycles. The summed E-state index contributed by atoms with van der Waals surface area (Å²) in [5, 5.41) is 29.2. The van der Waals surface area contributed by atoms with E-state index in [9.17, 15) is 19.8 Å². The van der Waals surface area contributed by atoms with Crippen molar-refractivity contribution >= 4 is 23.2 Å². The van der Waals surface area contributed by atoms with Gasteiger partial charge in [-0.2, -0.15) is 5.06 Å². The van der Waals surface area contributed by atoms with Crippen LogP contribution in [0.15, 0.2) is 60.7 Å². The summed E-state index contributed by atoms with van der Waals surface area (Å²) in [5.74, 6) is 0.974. The number of nitrogens with one attached hydrogen (secondary N) is 2. The zero-order chi connectivity index (χ0) is 38.2. The first kappa shape index (κ1) is 38.6. The van der Waals surface area contributed by atoms with Crippen molar-refractivity contribution in [2.45, 2.75) is 77.8 Å². The number of hydrogen-bond acceptors (Lipinski definition) is 9. The van der Waals surface area contributed by atoms with Crippen LogP contribution in [-0.4, -0.2) is 85.7 Å². The predicted octanol–water partition coefficient (Wildman–Crippen LogP) is 4.64. The predicted molar refractivity (Wildman–Crippen MR) is 207 cm³/mol. The third-order valence-corrected chi connectivity index (χ3v) is 12.4. The minimum atomic E-state index is -0.902. The zero-order valence-electron chi connectivity index (χ0n) is 32.1. The molecule has 3 aromatic rings. The van der Waals surface area contributed by atoms with Gasteiger partial charge in [0, 0.05) is 60.7 Å². The molecule has 1 aliphatic heterocycles. The molecule has 286 valence electrons. The molecule has 3 saturated carbocycles. The molecule has 7 rings (SSSR count). The van der Waals surface area contributed by atoms with Crippen LogP contribution in [0, 0.1) is 29.1 Å². The van der Waals surface area contributed by atoms with E-state index in [2.05, 4.69) is 31.4 Å². The smallest absolute Gasteiger partial charge is 0.251 e. The van der Waals surface area contributed by atoms with Crippen LogP contribution in [0.5, 0.6) is 5.75 Å². The summed E-state index contributed by atoms with van der Waals surface area (Å²) in [6.07, 6.45) is 1.08. The largest absolute Gasteiger partial charge is 0.496 e. The van der Waals surface area contributed by atoms with Crippen LogP contribution in [0.1, 0.15) is 62.0 Å². The first-order valence-corrected chi connectivity index (χ1v) is 18.9. The molecular formula is C42H57N5O6. The molecule has 3 aromatic carbocycles. The number of para-hydroxylation sites is 2. The number of benzene rings is 3. The topological polar surface area (TPSA) is 150 Å². The SMILES string of the molecule is COc1c(CN2O[C@@H](CO)[C@@H]([C@H](C)O)[C@H]2C(=O)N[C@H]2C[C@@H]3C[C@@H]([C@@H]2C)C3(C)C)cccc1-c1cc(C(=O)NCCc2ccccc2N)cc(N(C)C)c1. The number of methoxy groups -OCH3 is 1. The second kappa shape index (κ2) is 15.7. The molecule has 11 heteroatoms. The van der Waals surface area contributed by atoms with E-state index in [1.54, 1.807) is 19.1 Å². The van der Waals surface area contributed by atoms with E-state index in [0.717, 1.165) is 34.4 Å². The quantitative estimate of drug-likeness (QED) is 0.159. The Hall–Kier alpha value is -4.16. The zero-order valence-corrected chi connectivity index (χ0v) is 32.1. The fourth-order valence-corrected chi connectivity index (χ4v) is 9.16. The van der Waals surface area contributed by atoms with Crippen LogP contribution in [0.4, 0.5) is 11.4 Å². The number of fused-ring (bicyclic) bond motifs is 2. The van der Waals surface area contributed by atoms with E-state index in [1.165, 1.54) is 6.42 Å². The van der Waals surface area contributed by atoms with Crippen LogP contribution in [0.3, 0.4) is 0 Å². The highest BCUT2D eigenvalue weighted by molar-refractivity contribution is 5.97. The van der Waals surface area contributed by atoms with Crippen molar-refractivity contribution in [2.75, 3.05) is 45.0 Å². The highest BCUT2D eigenvalue weighted by Crippen LogP contribution is 2.61. The molecular weight excluding hydrogens is 670 g/mol. The average molecular weight is 728 g/mol. The van der Waals surface area contributed by atoms with E-state index in [-0.39, 0.29) is 36.4 Å². The fraction of sp³-hybridized carbons (Fsp3) is 0.524. The molecule has 4 aliphatic rings. The number of hydroxylamine groups is 2. The maximum absolute atomic E-state index is 14.2. The van der Waals surface area contributed by atoms with Crippen molar-refractivity contribution in [1.29, 1.82) is 0 Å². The highest BCUT2D eigenvalue weighted by atomic mass is 16.7. The summed E-state index contributed by atoms with van der Waals surface area (Å²) in [7, 11) is 5.45. The van der Waals surface area contributed by atoms with Gasteiger partial charge in [0.05, 0.1) is 26.4 Å². The Morgan fingerprint density at radius 3 is 2.47 bits per heavy atom. The summed E-state index contributed by atoms with van der Waals surface area (Å²) >= 11 is 0. The van der Waals surface area contributed by atoms with Crippen molar-refractivity contribution in [3.05, 3.63) is 77.4 Å². The van der Waals surface area contributed by atoms with E-state index >= 15 is 0 Å². The lowest BCUT2D eigenvalue weighted by atomic mass is 9.45. The van der Waals surface area contributed by atoms with Crippen molar-refractivity contribution < 1.29 is 29.4 Å². The number of rotatable bonds is 13. The number of nitrogens with two attached hydrogens (primary N) is 1. The first-order valence-electron chi connectivity index (χ1n) is 18.9. The molecule has 2 amide bonds. The van der Waals surface area contributed by atoms with Gasteiger partial charge in [0.1, 0.15) is 17.9 Å². The average Bonchev–Trinajstić information content (AvgIpc) is 3.51. The Kier molecular flexibility index (Phi) is 11.4. The van der Waals surface area contributed by atoms with Gasteiger partial charge in [-0.25, -0.2) is 0 Å². The van der Waals surface area contributed by atoms with Crippen LogP contribution < -0.4 is 26.0 Å². The van der Waals surface area contributed by atoms with Gasteiger partial charge < -0.3 is 36.2 Å². The Bertz CT molecular complexity index is 1800. The number of aliphatic hydroxyl groups is 2. The number of carbonyl (C=O) groups excluding carboxylic acids is 2. The molecule has 6 N–H and O–H groups in total. The number of nitrogens with zero attached hydrogens (tertiary/aromatic N) is 2. The van der Waals surface area contributed by atoms with Crippen LogP contribution >= 0.6 is 0 Å². The lowest BCUT2D eigenvalue weighted by Gasteiger charge is -2.62. The monoisotopic (exact) mass is 727 g/mol. The molecule has 1 heterocycles. The second-order valence-electron chi connectivity index (χ2n) is 16.1. The maximum atomic E-state index is 14.2. The molecule has 0 radical (unpaired) electrons. The van der Waals surface area contributed by atoms with Crippen molar-refractivity contribution in [1.82, 2.24) is 15.7 Å². The summed E-state index contributed by atoms with van der Waals surface area (Å²) in [5.41, 5.74) is 11.7. The lowest BCUT2D eigenvalue weighted by molar-refractivity contribution is -0.183. The van der Waals surface area contributed by atoms with Gasteiger partial charge in [0.2, 0.25) is 5.91 Å². The Morgan fingerprint density at radius 2 is 1.83 bits per heavy atom. The fourth-order valence-electron chi connectivity index (χ4n) is 9.16. The Morgan fingerprint density at radius 1 is 1.09 bits per heavy atom. The highest BCUT2D eigenvalue weighted by Gasteiger charge is 2.57. The minimum absolute atomic E-state index is 0.0358. The molecule has 0 unspecified atom stereocenters. The normalized spacial score (nSPS) is 26.7. The van der Waals surface area contributed by atoms with Gasteiger partial charge >= 0.3 is 0 Å². The molecule has 8 atom stereocenters. The van der Waals surface area contributed by atoms with Gasteiger partial charge in [-0.05, 0) is 84.7 Å². The Balaban J connectivity index is 1.26. The number of anilines is 2. The lowest BCUT2D eigenvalue weighted by Crippen LogP contribution is -2.62. The second-order valence-corrected chi connectivity index (χ2v) is 16.1. The number of nitrogen functional groups attached to an aromatic ring is 1. The molecule has 11 nitrogen and oxygen atoms in total. The van der Waals surface area contributed by atoms with Crippen LogP contribution in [0.25, 0.3) is 11.1 Å². The van der Waals surface area contributed by atoms with Crippen molar-refractivity contribution in [3.8, 4) is 16.9 Å². The van der Waals surface area contributed by atoms with Crippen molar-refractivity contribution in [2.24, 2.45) is 29.1 Å². The number of ether oxygens (including phenoxy) is 1. The minimum Gasteiger partial charge on any atom is -0.496 e. The van der Waals surface area contributed by atoms with Gasteiger partial charge in [0.15, 0.2) is 0 Å². The van der Waals surface area contributed by atoms with Gasteiger partial charge in [-0.1, -0.05) is 57.2 Å². The van der Waals surface area contributed by atoms with Crippen molar-refractivity contribution in [3.63, 3.8) is 0 Å². The summed E-state index contributed by atoms with van der Waals surface area (Å²) in [6.45, 7) is 8.80. The number of hydrogen-bond donors (Lipinski definition) is 5. The molecule has 1 saturated heterocycles. The van der Waals surface area contributed by atoms with Gasteiger partial charge in [-0.3, -0.25) is 14.4 Å². The molecule has 0 spiro atoms. The van der Waals surface area contributed by atoms with E-state index in [4.69, 9.17) is 15.3 Å². The summed E-state index contributed by atoms with van der Waals surface area (Å²) in [6, 6.07) is 18.3. The summed E-state index contributed by atoms with van der Waals surface area (Å²) < 4.78 is 6.05. The van der Waals surface area contributed by atoms with Crippen LogP contribution in [0.2, 0.25) is 0 Å². The third-order valence-electron chi connectivity index (χ3n) is 12.4. The van der Waals surface area contributed by atoms with Gasteiger partial charge in [-0.15, -0.1) is 0 Å². The summed E-state index contributed by atoms with van der Waals surface area (Å²) in [4.78, 5) is 35.9.